The molecule has 9 aromatic rings. The first kappa shape index (κ1) is 46.5. The minimum Gasteiger partial charge on any atom is -0.351 e. The van der Waals surface area contributed by atoms with Crippen molar-refractivity contribution in [2.75, 3.05) is 0 Å². The van der Waals surface area contributed by atoms with Gasteiger partial charge in [0.1, 0.15) is 17.1 Å². The number of rotatable bonds is 9. The fourth-order valence-corrected chi connectivity index (χ4v) is 10.8. The van der Waals surface area contributed by atoms with Gasteiger partial charge in [0.05, 0.1) is 35.2 Å². The number of benzene rings is 3. The van der Waals surface area contributed by atoms with Crippen LogP contribution in [0.5, 0.6) is 0 Å². The summed E-state index contributed by atoms with van der Waals surface area (Å²) in [7, 11) is 5.67. The lowest BCUT2D eigenvalue weighted by molar-refractivity contribution is 0.0914. The quantitative estimate of drug-likeness (QED) is 0.0835. The van der Waals surface area contributed by atoms with Crippen LogP contribution >= 0.6 is 47.8 Å². The van der Waals surface area contributed by atoms with E-state index in [9.17, 15) is 14.4 Å². The van der Waals surface area contributed by atoms with Crippen LogP contribution in [0.2, 0.25) is 0 Å². The highest BCUT2D eigenvalue weighted by molar-refractivity contribution is 9.11. The molecule has 3 amide bonds. The number of amides is 3. The number of hydrogen-bond acceptors (Lipinski definition) is 6. The predicted molar refractivity (Wildman–Crippen MR) is 276 cm³/mol. The monoisotopic (exact) mass is 1120 g/mol. The smallest absolute Gasteiger partial charge is 0.268 e. The Balaban J connectivity index is 0.000000120. The van der Waals surface area contributed by atoms with E-state index in [4.69, 9.17) is 0 Å². The van der Waals surface area contributed by atoms with E-state index < -0.39 is 0 Å². The number of fused-ring (bicyclic) bond motifs is 3. The molecule has 0 unspecified atom stereocenters. The zero-order chi connectivity index (χ0) is 48.6. The molecule has 3 aliphatic carbocycles. The fourth-order valence-electron chi connectivity index (χ4n) is 9.66. The zero-order valence-corrected chi connectivity index (χ0v) is 43.5. The van der Waals surface area contributed by atoms with Gasteiger partial charge in [-0.25, -0.2) is 0 Å². The van der Waals surface area contributed by atoms with Crippen molar-refractivity contribution in [3.05, 3.63) is 157 Å². The number of aromatic amines is 3. The van der Waals surface area contributed by atoms with Crippen LogP contribution in [0.3, 0.4) is 0 Å². The minimum absolute atomic E-state index is 0.0782. The van der Waals surface area contributed by atoms with E-state index in [0.29, 0.717) is 34.8 Å². The van der Waals surface area contributed by atoms with Crippen LogP contribution in [-0.4, -0.2) is 62.0 Å². The highest BCUT2D eigenvalue weighted by Gasteiger charge is 2.56. The Kier molecular flexibility index (Phi) is 11.9. The van der Waals surface area contributed by atoms with Crippen LogP contribution in [0.4, 0.5) is 0 Å². The van der Waals surface area contributed by atoms with Crippen molar-refractivity contribution in [3.8, 4) is 0 Å². The molecule has 0 saturated heterocycles. The van der Waals surface area contributed by atoms with Crippen molar-refractivity contribution in [1.82, 2.24) is 60.2 Å². The van der Waals surface area contributed by atoms with Gasteiger partial charge in [-0.05, 0) is 110 Å². The number of hydrogen-bond donors (Lipinski definition) is 6. The summed E-state index contributed by atoms with van der Waals surface area (Å²) in [6, 6.07) is 23.4. The van der Waals surface area contributed by atoms with Gasteiger partial charge in [-0.2, -0.15) is 15.3 Å². The molecule has 0 spiro atoms. The molecule has 6 heterocycles. The van der Waals surface area contributed by atoms with E-state index in [-0.39, 0.29) is 34.3 Å². The molecular formula is C51H51Br3N12O3. The molecule has 0 bridgehead atoms. The number of carbonyl (C=O) groups is 3. The molecule has 12 rings (SSSR count). The SMILES string of the molecule is C[C@@H]1C[C@]1(NC(=O)c1cc2cc(Br)ccc2[nH]1)c1cnn(C)c1.C[C@H]1C[C@@]1(NC(=O)c1cc2cc(Br)ccc2[nH]1)c1cnn(C)c1.C[C@H]1C[C@@]1(NC(=O)c1cc2cc(Br)ccc2[nH]1)c1cnn(C)c1. The Morgan fingerprint density at radius 3 is 0.971 bits per heavy atom. The third-order valence-corrected chi connectivity index (χ3v) is 15.6. The van der Waals surface area contributed by atoms with Crippen molar-refractivity contribution >= 4 is 98.2 Å². The van der Waals surface area contributed by atoms with Crippen LogP contribution in [0.25, 0.3) is 32.7 Å². The molecule has 3 saturated carbocycles. The molecule has 3 aromatic carbocycles. The molecule has 354 valence electrons. The van der Waals surface area contributed by atoms with Crippen LogP contribution in [0.1, 0.15) is 88.2 Å². The van der Waals surface area contributed by atoms with Gasteiger partial charge in [-0.15, -0.1) is 0 Å². The Morgan fingerprint density at radius 2 is 0.754 bits per heavy atom. The van der Waals surface area contributed by atoms with E-state index in [0.717, 1.165) is 82.1 Å². The minimum atomic E-state index is -0.288. The Hall–Kier alpha value is -6.24. The third-order valence-electron chi connectivity index (χ3n) is 14.1. The fraction of sp³-hybridized carbons (Fsp3) is 0.294. The zero-order valence-electron chi connectivity index (χ0n) is 38.8. The average molecular weight is 1120 g/mol. The Bertz CT molecular complexity index is 3090. The summed E-state index contributed by atoms with van der Waals surface area (Å²) >= 11 is 10.4. The van der Waals surface area contributed by atoms with Crippen LogP contribution in [0.15, 0.2) is 123 Å². The van der Waals surface area contributed by atoms with Gasteiger partial charge in [0.2, 0.25) is 0 Å². The van der Waals surface area contributed by atoms with E-state index >= 15 is 0 Å². The molecular weight excluding hydrogens is 1070 g/mol. The molecule has 15 nitrogen and oxygen atoms in total. The van der Waals surface area contributed by atoms with Gasteiger partial charge in [-0.1, -0.05) is 68.6 Å². The maximum Gasteiger partial charge on any atom is 0.268 e. The highest BCUT2D eigenvalue weighted by atomic mass is 79.9. The lowest BCUT2D eigenvalue weighted by Crippen LogP contribution is -2.36. The molecule has 0 radical (unpaired) electrons. The standard InChI is InChI=1S/3C17H17BrN4O/c3*1-10-7-17(10,12-8-19-22(2)9-12)21-16(23)15-6-11-5-13(18)3-4-14(11)20-15/h3*3-6,8-10,20H,7H2,1-2H3,(H,21,23)/t3*10-,17-/m100/s1. The lowest BCUT2D eigenvalue weighted by Gasteiger charge is -2.16. The van der Waals surface area contributed by atoms with Crippen LogP contribution in [-0.2, 0) is 37.8 Å². The highest BCUT2D eigenvalue weighted by Crippen LogP contribution is 2.53. The molecule has 6 N–H and O–H groups in total. The Labute approximate surface area is 423 Å². The molecule has 69 heavy (non-hydrogen) atoms. The van der Waals surface area contributed by atoms with Crippen molar-refractivity contribution in [1.29, 1.82) is 0 Å². The summed E-state index contributed by atoms with van der Waals surface area (Å²) in [5, 5.41) is 25.4. The summed E-state index contributed by atoms with van der Waals surface area (Å²) in [5.74, 6) is 0.999. The summed E-state index contributed by atoms with van der Waals surface area (Å²) in [6.45, 7) is 6.45. The van der Waals surface area contributed by atoms with Crippen LogP contribution in [0, 0.1) is 17.8 Å². The summed E-state index contributed by atoms with van der Waals surface area (Å²) in [6.07, 6.45) is 14.3. The number of aromatic nitrogens is 9. The Morgan fingerprint density at radius 1 is 0.493 bits per heavy atom. The molecule has 18 heteroatoms. The number of H-pyrrole nitrogens is 3. The van der Waals surface area contributed by atoms with E-state index in [2.05, 4.69) is 115 Å². The summed E-state index contributed by atoms with van der Waals surface area (Å²) in [5.41, 5.74) is 6.96. The molecule has 0 aliphatic heterocycles. The third kappa shape index (κ3) is 9.09. The number of nitrogens with zero attached hydrogens (tertiary/aromatic N) is 6. The first-order valence-corrected chi connectivity index (χ1v) is 25.1. The largest absolute Gasteiger partial charge is 0.351 e. The maximum absolute atomic E-state index is 12.7. The summed E-state index contributed by atoms with van der Waals surface area (Å²) < 4.78 is 8.31. The predicted octanol–water partition coefficient (Wildman–Crippen LogP) is 9.99. The van der Waals surface area contributed by atoms with Gasteiger partial charge in [0.15, 0.2) is 0 Å². The normalized spacial score (nSPS) is 23.2. The topological polar surface area (TPSA) is 188 Å². The molecule has 3 fully saturated rings. The average Bonchev–Trinajstić information content (AvgIpc) is 3.84. The number of aryl methyl sites for hydroxylation is 3. The second-order valence-corrected chi connectivity index (χ2v) is 21.8. The van der Waals surface area contributed by atoms with Gasteiger partial charge in [-0.3, -0.25) is 28.4 Å². The first-order chi connectivity index (χ1) is 32.9. The molecule has 6 aromatic heterocycles. The van der Waals surface area contributed by atoms with Crippen LogP contribution < -0.4 is 16.0 Å². The lowest BCUT2D eigenvalue weighted by atomic mass is 10.1. The maximum atomic E-state index is 12.7. The molecule has 3 aliphatic rings. The van der Waals surface area contributed by atoms with E-state index in [1.54, 1.807) is 14.0 Å². The van der Waals surface area contributed by atoms with Gasteiger partial charge < -0.3 is 30.9 Å². The summed E-state index contributed by atoms with van der Waals surface area (Å²) in [4.78, 5) is 47.7. The van der Waals surface area contributed by atoms with Gasteiger partial charge in [0, 0.05) is 103 Å². The van der Waals surface area contributed by atoms with E-state index in [1.807, 2.05) is 131 Å². The van der Waals surface area contributed by atoms with E-state index in [1.165, 1.54) is 0 Å². The van der Waals surface area contributed by atoms with Gasteiger partial charge >= 0.3 is 0 Å². The first-order valence-electron chi connectivity index (χ1n) is 22.7. The van der Waals surface area contributed by atoms with Crippen molar-refractivity contribution in [2.24, 2.45) is 38.9 Å². The second-order valence-electron chi connectivity index (χ2n) is 19.0. The number of nitrogens with one attached hydrogen (secondary N) is 6. The van der Waals surface area contributed by atoms with Crippen molar-refractivity contribution in [3.63, 3.8) is 0 Å². The molecule has 6 atom stereocenters. The van der Waals surface area contributed by atoms with Crippen molar-refractivity contribution in [2.45, 2.75) is 56.7 Å². The number of carbonyl (C=O) groups excluding carboxylic acids is 3. The second kappa shape index (κ2) is 17.6. The van der Waals surface area contributed by atoms with Gasteiger partial charge in [0.25, 0.3) is 17.7 Å². The van der Waals surface area contributed by atoms with Crippen molar-refractivity contribution < 1.29 is 14.4 Å². The number of halogens is 3.